The summed E-state index contributed by atoms with van der Waals surface area (Å²) in [6, 6.07) is 13.4. The van der Waals surface area contributed by atoms with Gasteiger partial charge in [-0.05, 0) is 49.1 Å². The van der Waals surface area contributed by atoms with Crippen molar-refractivity contribution in [3.8, 4) is 17.2 Å². The van der Waals surface area contributed by atoms with Gasteiger partial charge in [-0.25, -0.2) is 0 Å². The largest absolute Gasteiger partial charge is 0.493 e. The highest BCUT2D eigenvalue weighted by atomic mass is 16.5. The lowest BCUT2D eigenvalue weighted by Crippen LogP contribution is -2.37. The highest BCUT2D eigenvalue weighted by Crippen LogP contribution is 2.28. The number of unbranched alkanes of at least 4 members (excludes halogenated alkanes) is 1. The van der Waals surface area contributed by atoms with E-state index in [4.69, 9.17) is 14.2 Å². The minimum atomic E-state index is -0.528. The lowest BCUT2D eigenvalue weighted by Gasteiger charge is -2.19. The van der Waals surface area contributed by atoms with E-state index in [0.717, 1.165) is 35.5 Å². The number of amides is 1. The van der Waals surface area contributed by atoms with Gasteiger partial charge in [-0.15, -0.1) is 0 Å². The van der Waals surface area contributed by atoms with Gasteiger partial charge in [0.05, 0.1) is 13.7 Å². The summed E-state index contributed by atoms with van der Waals surface area (Å²) >= 11 is 0. The summed E-state index contributed by atoms with van der Waals surface area (Å²) in [5.74, 6) is 2.00. The third kappa shape index (κ3) is 6.19. The van der Waals surface area contributed by atoms with E-state index in [2.05, 4.69) is 12.2 Å². The molecule has 2 aromatic carbocycles. The van der Waals surface area contributed by atoms with Crippen LogP contribution in [0.2, 0.25) is 0 Å². The van der Waals surface area contributed by atoms with Gasteiger partial charge in [0.15, 0.2) is 17.6 Å². The molecular weight excluding hydrogens is 354 g/mol. The Morgan fingerprint density at radius 1 is 1.07 bits per heavy atom. The zero-order valence-electron chi connectivity index (χ0n) is 17.3. The Morgan fingerprint density at radius 3 is 2.54 bits per heavy atom. The number of rotatable bonds is 11. The zero-order chi connectivity index (χ0) is 20.4. The normalized spacial score (nSPS) is 11.6. The predicted octanol–water partition coefficient (Wildman–Crippen LogP) is 4.66. The molecule has 0 heterocycles. The van der Waals surface area contributed by atoms with Gasteiger partial charge in [-0.1, -0.05) is 44.5 Å². The van der Waals surface area contributed by atoms with Crippen molar-refractivity contribution < 1.29 is 19.0 Å². The Kier molecular flexibility index (Phi) is 8.66. The second kappa shape index (κ2) is 11.2. The second-order valence-electron chi connectivity index (χ2n) is 6.69. The van der Waals surface area contributed by atoms with E-state index in [9.17, 15) is 4.79 Å². The first kappa shape index (κ1) is 21.6. The van der Waals surface area contributed by atoms with Crippen LogP contribution in [0.3, 0.4) is 0 Å². The van der Waals surface area contributed by atoms with Gasteiger partial charge in [0.25, 0.3) is 5.91 Å². The number of aryl methyl sites for hydroxylation is 1. The van der Waals surface area contributed by atoms with Crippen LogP contribution in [-0.4, -0.2) is 25.7 Å². The molecule has 1 amide bonds. The first-order valence-electron chi connectivity index (χ1n) is 9.88. The van der Waals surface area contributed by atoms with Crippen molar-refractivity contribution in [1.82, 2.24) is 5.32 Å². The molecule has 5 heteroatoms. The monoisotopic (exact) mass is 385 g/mol. The van der Waals surface area contributed by atoms with Gasteiger partial charge < -0.3 is 19.5 Å². The number of para-hydroxylation sites is 1. The summed E-state index contributed by atoms with van der Waals surface area (Å²) in [6.07, 6.45) is 2.14. The lowest BCUT2D eigenvalue weighted by atomic mass is 10.2. The van der Waals surface area contributed by atoms with E-state index in [1.165, 1.54) is 0 Å². The molecule has 0 bridgehead atoms. The quantitative estimate of drug-likeness (QED) is 0.572. The van der Waals surface area contributed by atoms with Crippen molar-refractivity contribution in [2.45, 2.75) is 52.7 Å². The van der Waals surface area contributed by atoms with E-state index in [-0.39, 0.29) is 5.91 Å². The number of carbonyl (C=O) groups is 1. The molecule has 0 aliphatic rings. The number of methoxy groups -OCH3 is 1. The maximum absolute atomic E-state index is 12.6. The average molecular weight is 386 g/mol. The fraction of sp³-hybridized carbons (Fsp3) is 0.435. The van der Waals surface area contributed by atoms with Crippen LogP contribution in [0.25, 0.3) is 0 Å². The van der Waals surface area contributed by atoms with Crippen molar-refractivity contribution in [1.29, 1.82) is 0 Å². The molecule has 0 saturated carbocycles. The first-order chi connectivity index (χ1) is 13.6. The number of benzene rings is 2. The van der Waals surface area contributed by atoms with Crippen LogP contribution in [0.15, 0.2) is 42.5 Å². The van der Waals surface area contributed by atoms with Gasteiger partial charge in [0.2, 0.25) is 0 Å². The molecule has 0 aliphatic heterocycles. The maximum Gasteiger partial charge on any atom is 0.261 e. The molecule has 2 rings (SSSR count). The molecule has 28 heavy (non-hydrogen) atoms. The van der Waals surface area contributed by atoms with Gasteiger partial charge in [-0.3, -0.25) is 4.79 Å². The Balaban J connectivity index is 1.95. The zero-order valence-corrected chi connectivity index (χ0v) is 17.3. The Hall–Kier alpha value is -2.69. The number of hydrogen-bond acceptors (Lipinski definition) is 4. The van der Waals surface area contributed by atoms with Crippen molar-refractivity contribution in [3.63, 3.8) is 0 Å². The second-order valence-corrected chi connectivity index (χ2v) is 6.69. The molecule has 1 atom stereocenters. The van der Waals surface area contributed by atoms with Crippen LogP contribution in [0.1, 0.15) is 44.2 Å². The van der Waals surface area contributed by atoms with Gasteiger partial charge in [-0.2, -0.15) is 0 Å². The smallest absolute Gasteiger partial charge is 0.261 e. The van der Waals surface area contributed by atoms with Crippen LogP contribution in [0, 0.1) is 6.92 Å². The highest BCUT2D eigenvalue weighted by molar-refractivity contribution is 5.81. The Bertz CT molecular complexity index is 760. The predicted molar refractivity (Wildman–Crippen MR) is 111 cm³/mol. The summed E-state index contributed by atoms with van der Waals surface area (Å²) in [4.78, 5) is 12.6. The van der Waals surface area contributed by atoms with Crippen LogP contribution in [-0.2, 0) is 11.3 Å². The van der Waals surface area contributed by atoms with Crippen molar-refractivity contribution in [3.05, 3.63) is 53.6 Å². The van der Waals surface area contributed by atoms with Gasteiger partial charge in [0.1, 0.15) is 5.75 Å². The summed E-state index contributed by atoms with van der Waals surface area (Å²) < 4.78 is 17.1. The van der Waals surface area contributed by atoms with Crippen LogP contribution >= 0.6 is 0 Å². The molecule has 1 unspecified atom stereocenters. The summed E-state index contributed by atoms with van der Waals surface area (Å²) in [5, 5.41) is 2.95. The van der Waals surface area contributed by atoms with Crippen LogP contribution < -0.4 is 19.5 Å². The number of ether oxygens (including phenoxy) is 3. The summed E-state index contributed by atoms with van der Waals surface area (Å²) in [7, 11) is 1.62. The third-order valence-electron chi connectivity index (χ3n) is 4.48. The summed E-state index contributed by atoms with van der Waals surface area (Å²) in [6.45, 7) is 7.10. The molecule has 0 radical (unpaired) electrons. The molecule has 1 N–H and O–H groups in total. The molecule has 0 saturated heterocycles. The molecule has 0 spiro atoms. The number of carbonyl (C=O) groups excluding carboxylic acids is 1. The van der Waals surface area contributed by atoms with Crippen molar-refractivity contribution in [2.75, 3.05) is 13.7 Å². The van der Waals surface area contributed by atoms with E-state index in [1.807, 2.05) is 56.3 Å². The van der Waals surface area contributed by atoms with Gasteiger partial charge >= 0.3 is 0 Å². The lowest BCUT2D eigenvalue weighted by molar-refractivity contribution is -0.128. The number of nitrogens with one attached hydrogen (secondary N) is 1. The average Bonchev–Trinajstić information content (AvgIpc) is 2.72. The highest BCUT2D eigenvalue weighted by Gasteiger charge is 2.19. The van der Waals surface area contributed by atoms with Gasteiger partial charge in [0, 0.05) is 6.54 Å². The molecule has 152 valence electrons. The van der Waals surface area contributed by atoms with E-state index in [0.29, 0.717) is 25.3 Å². The fourth-order valence-corrected chi connectivity index (χ4v) is 2.73. The molecular formula is C23H31NO4. The van der Waals surface area contributed by atoms with E-state index >= 15 is 0 Å². The first-order valence-corrected chi connectivity index (χ1v) is 9.88. The Labute approximate surface area is 168 Å². The van der Waals surface area contributed by atoms with E-state index in [1.54, 1.807) is 7.11 Å². The third-order valence-corrected chi connectivity index (χ3v) is 4.48. The Morgan fingerprint density at radius 2 is 1.86 bits per heavy atom. The maximum atomic E-state index is 12.6. The molecule has 5 nitrogen and oxygen atoms in total. The topological polar surface area (TPSA) is 56.8 Å². The molecule has 0 aliphatic carbocycles. The SMILES string of the molecule is CCCCOc1ccc(CNC(=O)C(CC)Oc2ccccc2C)cc1OC. The van der Waals surface area contributed by atoms with Crippen LogP contribution in [0.5, 0.6) is 17.2 Å². The standard InChI is InChI=1S/C23H31NO4/c1-5-7-14-27-21-13-12-18(15-22(21)26-4)16-24-23(25)19(6-2)28-20-11-9-8-10-17(20)3/h8-13,15,19H,5-7,14,16H2,1-4H3,(H,24,25). The van der Waals surface area contributed by atoms with Crippen molar-refractivity contribution in [2.24, 2.45) is 0 Å². The van der Waals surface area contributed by atoms with Crippen LogP contribution in [0.4, 0.5) is 0 Å². The van der Waals surface area contributed by atoms with Crippen molar-refractivity contribution >= 4 is 5.91 Å². The number of hydrogen-bond donors (Lipinski definition) is 1. The fourth-order valence-electron chi connectivity index (χ4n) is 2.73. The molecule has 0 fully saturated rings. The summed E-state index contributed by atoms with van der Waals surface area (Å²) in [5.41, 5.74) is 1.95. The molecule has 2 aromatic rings. The minimum Gasteiger partial charge on any atom is -0.493 e. The molecule has 0 aromatic heterocycles. The minimum absolute atomic E-state index is 0.131. The van der Waals surface area contributed by atoms with E-state index < -0.39 is 6.10 Å².